The Morgan fingerprint density at radius 2 is 1.67 bits per heavy atom. The first-order valence-corrected chi connectivity index (χ1v) is 4.28. The molecule has 1 N–H and O–H groups in total. The van der Waals surface area contributed by atoms with Crippen molar-refractivity contribution in [2.75, 3.05) is 0 Å². The monoisotopic (exact) mass is 167 g/mol. The van der Waals surface area contributed by atoms with E-state index in [1.54, 1.807) is 6.20 Å². The number of rotatable bonds is 0. The highest BCUT2D eigenvalue weighted by molar-refractivity contribution is 5.21. The van der Waals surface area contributed by atoms with Crippen LogP contribution in [0.3, 0.4) is 0 Å². The first-order chi connectivity index (χ1) is 5.63. The average molecular weight is 167 g/mol. The number of nitrogens with one attached hydrogen (secondary N) is 1. The van der Waals surface area contributed by atoms with Crippen LogP contribution in [0.25, 0.3) is 0 Å². The molecule has 1 heterocycles. The van der Waals surface area contributed by atoms with E-state index in [0.717, 1.165) is 16.8 Å². The number of hydrogen-bond acceptors (Lipinski definition) is 1. The van der Waals surface area contributed by atoms with Crippen LogP contribution in [0.15, 0.2) is 11.0 Å². The molecule has 2 heteroatoms. The third-order valence-corrected chi connectivity index (χ3v) is 1.77. The SMILES string of the molecule is CC.Cc1[nH]cc(C)c(=O)c1C. The van der Waals surface area contributed by atoms with Gasteiger partial charge in [-0.1, -0.05) is 13.8 Å². The molecule has 0 aliphatic rings. The van der Waals surface area contributed by atoms with Crippen molar-refractivity contribution in [2.24, 2.45) is 0 Å². The van der Waals surface area contributed by atoms with Gasteiger partial charge in [0.05, 0.1) is 0 Å². The number of aryl methyl sites for hydroxylation is 2. The topological polar surface area (TPSA) is 32.9 Å². The Bertz CT molecular complexity index is 299. The van der Waals surface area contributed by atoms with Crippen LogP contribution >= 0.6 is 0 Å². The minimum absolute atomic E-state index is 0.149. The van der Waals surface area contributed by atoms with E-state index in [0.29, 0.717) is 0 Å². The molecule has 1 rings (SSSR count). The minimum Gasteiger partial charge on any atom is -0.364 e. The molecule has 0 unspecified atom stereocenters. The fourth-order valence-corrected chi connectivity index (χ4v) is 0.856. The number of pyridine rings is 1. The summed E-state index contributed by atoms with van der Waals surface area (Å²) >= 11 is 0. The molecule has 0 saturated carbocycles. The van der Waals surface area contributed by atoms with Crippen molar-refractivity contribution < 1.29 is 0 Å². The summed E-state index contributed by atoms with van der Waals surface area (Å²) in [6.07, 6.45) is 1.74. The fraction of sp³-hybridized carbons (Fsp3) is 0.500. The van der Waals surface area contributed by atoms with E-state index < -0.39 is 0 Å². The summed E-state index contributed by atoms with van der Waals surface area (Å²) < 4.78 is 0. The van der Waals surface area contributed by atoms with Crippen molar-refractivity contribution in [2.45, 2.75) is 34.6 Å². The van der Waals surface area contributed by atoms with Gasteiger partial charge in [-0.15, -0.1) is 0 Å². The summed E-state index contributed by atoms with van der Waals surface area (Å²) in [6.45, 7) is 9.54. The van der Waals surface area contributed by atoms with E-state index >= 15 is 0 Å². The summed E-state index contributed by atoms with van der Waals surface area (Å²) in [4.78, 5) is 14.2. The standard InChI is InChI=1S/C8H11NO.C2H6/c1-5-4-9-7(3)6(2)8(5)10;1-2/h4H,1-3H3,(H,9,10);1-2H3. The molecule has 1 aromatic heterocycles. The second kappa shape index (κ2) is 4.75. The molecule has 0 amide bonds. The lowest BCUT2D eigenvalue weighted by Gasteiger charge is -1.98. The molecule has 1 aromatic rings. The number of hydrogen-bond donors (Lipinski definition) is 1. The molecule has 0 aromatic carbocycles. The Labute approximate surface area is 73.6 Å². The van der Waals surface area contributed by atoms with Crippen molar-refractivity contribution in [1.82, 2.24) is 4.98 Å². The highest BCUT2D eigenvalue weighted by Crippen LogP contribution is 1.96. The first kappa shape index (κ1) is 11.0. The maximum absolute atomic E-state index is 11.2. The van der Waals surface area contributed by atoms with Gasteiger partial charge in [0.1, 0.15) is 0 Å². The van der Waals surface area contributed by atoms with E-state index in [2.05, 4.69) is 4.98 Å². The second-order valence-corrected chi connectivity index (χ2v) is 2.55. The lowest BCUT2D eigenvalue weighted by Crippen LogP contribution is -2.10. The maximum atomic E-state index is 11.2. The molecule has 0 aliphatic carbocycles. The van der Waals surface area contributed by atoms with Crippen LogP contribution in [0.1, 0.15) is 30.7 Å². The zero-order chi connectivity index (χ0) is 9.72. The van der Waals surface area contributed by atoms with Crippen molar-refractivity contribution >= 4 is 0 Å². The van der Waals surface area contributed by atoms with Crippen LogP contribution in [-0.2, 0) is 0 Å². The summed E-state index contributed by atoms with van der Waals surface area (Å²) in [6, 6.07) is 0. The van der Waals surface area contributed by atoms with Crippen LogP contribution in [0.4, 0.5) is 0 Å². The largest absolute Gasteiger partial charge is 0.364 e. The minimum atomic E-state index is 0.149. The van der Waals surface area contributed by atoms with Crippen molar-refractivity contribution in [1.29, 1.82) is 0 Å². The number of aromatic amines is 1. The summed E-state index contributed by atoms with van der Waals surface area (Å²) in [5.74, 6) is 0. The van der Waals surface area contributed by atoms with Crippen LogP contribution in [0.2, 0.25) is 0 Å². The van der Waals surface area contributed by atoms with Gasteiger partial charge >= 0.3 is 0 Å². The zero-order valence-electron chi connectivity index (χ0n) is 8.49. The van der Waals surface area contributed by atoms with Gasteiger partial charge in [0, 0.05) is 23.0 Å². The van der Waals surface area contributed by atoms with E-state index in [9.17, 15) is 4.79 Å². The molecule has 68 valence electrons. The van der Waals surface area contributed by atoms with E-state index in [4.69, 9.17) is 0 Å². The highest BCUT2D eigenvalue weighted by Gasteiger charge is 1.98. The van der Waals surface area contributed by atoms with Crippen LogP contribution in [-0.4, -0.2) is 4.98 Å². The first-order valence-electron chi connectivity index (χ1n) is 4.28. The van der Waals surface area contributed by atoms with Gasteiger partial charge in [-0.2, -0.15) is 0 Å². The smallest absolute Gasteiger partial charge is 0.187 e. The summed E-state index contributed by atoms with van der Waals surface area (Å²) in [5, 5.41) is 0. The zero-order valence-corrected chi connectivity index (χ0v) is 8.49. The maximum Gasteiger partial charge on any atom is 0.187 e. The van der Waals surface area contributed by atoms with Crippen LogP contribution < -0.4 is 5.43 Å². The molecule has 0 atom stereocenters. The lowest BCUT2D eigenvalue weighted by molar-refractivity contribution is 1.10. The molecule has 0 saturated heterocycles. The van der Waals surface area contributed by atoms with Gasteiger partial charge in [-0.3, -0.25) is 4.79 Å². The average Bonchev–Trinajstić information content (AvgIpc) is 2.12. The second-order valence-electron chi connectivity index (χ2n) is 2.55. The quantitative estimate of drug-likeness (QED) is 0.632. The van der Waals surface area contributed by atoms with E-state index in [1.807, 2.05) is 34.6 Å². The predicted octanol–water partition coefficient (Wildman–Crippen LogP) is 2.33. The Hall–Kier alpha value is -1.05. The van der Waals surface area contributed by atoms with Crippen molar-refractivity contribution in [3.8, 4) is 0 Å². The Morgan fingerprint density at radius 3 is 2.08 bits per heavy atom. The van der Waals surface area contributed by atoms with Gasteiger partial charge in [0.15, 0.2) is 5.43 Å². The third kappa shape index (κ3) is 2.22. The van der Waals surface area contributed by atoms with Gasteiger partial charge in [0.25, 0.3) is 0 Å². The molecule has 0 bridgehead atoms. The molecule has 2 nitrogen and oxygen atoms in total. The van der Waals surface area contributed by atoms with E-state index in [1.165, 1.54) is 0 Å². The summed E-state index contributed by atoms with van der Waals surface area (Å²) in [7, 11) is 0. The molecule has 12 heavy (non-hydrogen) atoms. The highest BCUT2D eigenvalue weighted by atomic mass is 16.1. The molecule has 0 radical (unpaired) electrons. The predicted molar refractivity (Wildman–Crippen MR) is 52.6 cm³/mol. The normalized spacial score (nSPS) is 8.75. The number of aromatic nitrogens is 1. The van der Waals surface area contributed by atoms with Gasteiger partial charge in [-0.25, -0.2) is 0 Å². The van der Waals surface area contributed by atoms with Crippen molar-refractivity contribution in [3.63, 3.8) is 0 Å². The van der Waals surface area contributed by atoms with Gasteiger partial charge in [0.2, 0.25) is 0 Å². The Kier molecular flexibility index (Phi) is 4.34. The molecular weight excluding hydrogens is 150 g/mol. The summed E-state index contributed by atoms with van der Waals surface area (Å²) in [5.41, 5.74) is 2.70. The van der Waals surface area contributed by atoms with Gasteiger partial charge in [-0.05, 0) is 20.8 Å². The third-order valence-electron chi connectivity index (χ3n) is 1.77. The van der Waals surface area contributed by atoms with Gasteiger partial charge < -0.3 is 4.98 Å². The number of H-pyrrole nitrogens is 1. The lowest BCUT2D eigenvalue weighted by atomic mass is 10.2. The van der Waals surface area contributed by atoms with E-state index in [-0.39, 0.29) is 5.43 Å². The Morgan fingerprint density at radius 1 is 1.17 bits per heavy atom. The van der Waals surface area contributed by atoms with Crippen LogP contribution in [0.5, 0.6) is 0 Å². The molecule has 0 aliphatic heterocycles. The fourth-order valence-electron chi connectivity index (χ4n) is 0.856. The van der Waals surface area contributed by atoms with Crippen LogP contribution in [0, 0.1) is 20.8 Å². The van der Waals surface area contributed by atoms with Crippen molar-refractivity contribution in [3.05, 3.63) is 33.2 Å². The Balaban J connectivity index is 0.000000561. The molecule has 0 fully saturated rings. The molecular formula is C10H17NO. The molecule has 0 spiro atoms.